The molecule has 2 aromatic carbocycles. The summed E-state index contributed by atoms with van der Waals surface area (Å²) < 4.78 is 28.7. The normalized spacial score (nSPS) is 19.0. The summed E-state index contributed by atoms with van der Waals surface area (Å²) in [6, 6.07) is 13.6. The number of fused-ring (bicyclic) bond motifs is 1. The minimum atomic E-state index is -1.76. The van der Waals surface area contributed by atoms with Crippen molar-refractivity contribution in [3.05, 3.63) is 98.5 Å². The number of pyridine rings is 1. The second kappa shape index (κ2) is 12.3. The Balaban J connectivity index is 1.57. The highest BCUT2D eigenvalue weighted by Crippen LogP contribution is 2.50. The van der Waals surface area contributed by atoms with Crippen LogP contribution in [0.2, 0.25) is 35.7 Å². The fraction of sp³-hybridized carbons (Fsp3) is 0.424. The Hall–Kier alpha value is -3.02. The van der Waals surface area contributed by atoms with E-state index in [9.17, 15) is 14.7 Å². The largest absolute Gasteiger partial charge is 0.450 e. The first-order valence-corrected chi connectivity index (χ1v) is 19.3. The smallest absolute Gasteiger partial charge is 0.407 e. The molecule has 8 nitrogen and oxygen atoms in total. The molecule has 1 aromatic heterocycles. The molecule has 2 amide bonds. The first-order chi connectivity index (χ1) is 21.0. The third-order valence-corrected chi connectivity index (χ3v) is 10.4. The lowest BCUT2D eigenvalue weighted by atomic mass is 9.88. The minimum absolute atomic E-state index is 0.00491. The van der Waals surface area contributed by atoms with E-state index in [0.717, 1.165) is 6.04 Å². The van der Waals surface area contributed by atoms with Crippen LogP contribution in [-0.2, 0) is 27.3 Å². The van der Waals surface area contributed by atoms with Gasteiger partial charge in [0.05, 0.1) is 52.7 Å². The number of carbonyl (C=O) groups is 2. The van der Waals surface area contributed by atoms with E-state index in [1.165, 1.54) is 37.1 Å². The zero-order valence-corrected chi connectivity index (χ0v) is 28.6. The van der Waals surface area contributed by atoms with Crippen LogP contribution >= 0.6 is 23.2 Å². The Bertz CT molecular complexity index is 1590. The van der Waals surface area contributed by atoms with E-state index >= 15 is 4.39 Å². The molecule has 240 valence electrons. The van der Waals surface area contributed by atoms with Gasteiger partial charge in [-0.05, 0) is 74.7 Å². The molecule has 0 radical (unpaired) electrons. The van der Waals surface area contributed by atoms with E-state index in [-0.39, 0.29) is 29.8 Å². The Morgan fingerprint density at radius 1 is 1.11 bits per heavy atom. The summed E-state index contributed by atoms with van der Waals surface area (Å²) in [4.78, 5) is 32.9. The van der Waals surface area contributed by atoms with E-state index in [1.54, 1.807) is 36.4 Å². The maximum Gasteiger partial charge on any atom is 0.407 e. The summed E-state index contributed by atoms with van der Waals surface area (Å²) in [5, 5.41) is 14.6. The SMILES string of the molecule is CC(C)(O)c1cc(F)c2c(c1)C(=O)N(Cc1ccc(Cl)cn1)C2(OCC1(NC(=O)OCC[Si](C)(C)C)CC1)c1ccc(Cl)cc1. The third-order valence-electron chi connectivity index (χ3n) is 8.20. The van der Waals surface area contributed by atoms with Gasteiger partial charge in [0.2, 0.25) is 0 Å². The van der Waals surface area contributed by atoms with Gasteiger partial charge in [-0.15, -0.1) is 0 Å². The zero-order valence-electron chi connectivity index (χ0n) is 26.0. The first-order valence-electron chi connectivity index (χ1n) is 14.9. The predicted octanol–water partition coefficient (Wildman–Crippen LogP) is 7.23. The standard InChI is InChI=1S/C33H38Cl2FN3O5Si/c1-31(2,42)22-16-26-28(27(36)17-22)33(21-6-8-23(34)9-7-21,39(29(26)40)19-25-11-10-24(35)18-37-25)44-20-32(12-13-32)38-30(41)43-14-15-45(3,4)5/h6-11,16-18,42H,12-15,19-20H2,1-5H3,(H,38,41). The number of ether oxygens (including phenoxy) is 2. The number of nitrogens with one attached hydrogen (secondary N) is 1. The summed E-state index contributed by atoms with van der Waals surface area (Å²) in [5.74, 6) is -1.23. The average molecular weight is 675 g/mol. The van der Waals surface area contributed by atoms with Crippen molar-refractivity contribution < 1.29 is 28.6 Å². The van der Waals surface area contributed by atoms with Crippen molar-refractivity contribution in [1.82, 2.24) is 15.2 Å². The van der Waals surface area contributed by atoms with Gasteiger partial charge in [-0.3, -0.25) is 14.7 Å². The molecule has 1 aliphatic carbocycles. The van der Waals surface area contributed by atoms with Crippen molar-refractivity contribution in [1.29, 1.82) is 0 Å². The number of hydrogen-bond acceptors (Lipinski definition) is 6. The van der Waals surface area contributed by atoms with Gasteiger partial charge in [0.15, 0.2) is 5.72 Å². The van der Waals surface area contributed by atoms with Crippen LogP contribution in [0, 0.1) is 5.82 Å². The van der Waals surface area contributed by atoms with Crippen LogP contribution in [0.15, 0.2) is 54.7 Å². The van der Waals surface area contributed by atoms with Crippen LogP contribution in [0.25, 0.3) is 0 Å². The fourth-order valence-electron chi connectivity index (χ4n) is 5.35. The topological polar surface area (TPSA) is 101 Å². The lowest BCUT2D eigenvalue weighted by molar-refractivity contribution is -0.121. The Morgan fingerprint density at radius 3 is 2.36 bits per heavy atom. The second-order valence-electron chi connectivity index (χ2n) is 13.6. The summed E-state index contributed by atoms with van der Waals surface area (Å²) in [6.45, 7) is 9.90. The number of nitrogens with zero attached hydrogens (tertiary/aromatic N) is 2. The molecule has 2 N–H and O–H groups in total. The average Bonchev–Trinajstić information content (AvgIpc) is 3.67. The van der Waals surface area contributed by atoms with Crippen LogP contribution < -0.4 is 5.32 Å². The van der Waals surface area contributed by atoms with Gasteiger partial charge < -0.3 is 19.9 Å². The number of amides is 2. The van der Waals surface area contributed by atoms with E-state index < -0.39 is 42.8 Å². The predicted molar refractivity (Wildman–Crippen MR) is 174 cm³/mol. The quantitative estimate of drug-likeness (QED) is 0.208. The van der Waals surface area contributed by atoms with Crippen molar-refractivity contribution in [2.45, 2.75) is 75.8 Å². The molecule has 1 unspecified atom stereocenters. The molecule has 1 fully saturated rings. The van der Waals surface area contributed by atoms with Crippen molar-refractivity contribution in [2.24, 2.45) is 0 Å². The highest BCUT2D eigenvalue weighted by atomic mass is 35.5. The van der Waals surface area contributed by atoms with Crippen LogP contribution in [-0.4, -0.2) is 53.8 Å². The lowest BCUT2D eigenvalue weighted by Gasteiger charge is -2.40. The molecule has 3 aromatic rings. The molecule has 0 saturated heterocycles. The lowest BCUT2D eigenvalue weighted by Crippen LogP contribution is -2.50. The number of alkyl carbamates (subject to hydrolysis) is 1. The molecule has 1 saturated carbocycles. The molecule has 5 rings (SSSR count). The van der Waals surface area contributed by atoms with Crippen molar-refractivity contribution >= 4 is 43.3 Å². The molecule has 1 aliphatic heterocycles. The number of benzene rings is 2. The third kappa shape index (κ3) is 7.20. The number of carbonyl (C=O) groups excluding carboxylic acids is 2. The van der Waals surface area contributed by atoms with Gasteiger partial charge >= 0.3 is 6.09 Å². The van der Waals surface area contributed by atoms with E-state index in [1.807, 2.05) is 0 Å². The van der Waals surface area contributed by atoms with Gasteiger partial charge in [0, 0.05) is 24.9 Å². The van der Waals surface area contributed by atoms with Crippen LogP contribution in [0.3, 0.4) is 0 Å². The number of hydrogen-bond donors (Lipinski definition) is 2. The number of aliphatic hydroxyl groups is 1. The highest BCUT2D eigenvalue weighted by molar-refractivity contribution is 6.76. The van der Waals surface area contributed by atoms with E-state index in [4.69, 9.17) is 32.7 Å². The molecule has 2 aliphatic rings. The zero-order chi connectivity index (χ0) is 32.8. The summed E-state index contributed by atoms with van der Waals surface area (Å²) in [7, 11) is -1.40. The van der Waals surface area contributed by atoms with Crippen LogP contribution in [0.1, 0.15) is 59.4 Å². The molecule has 12 heteroatoms. The molecule has 0 bridgehead atoms. The summed E-state index contributed by atoms with van der Waals surface area (Å²) in [6.07, 6.45) is 2.17. The monoisotopic (exact) mass is 673 g/mol. The van der Waals surface area contributed by atoms with Crippen molar-refractivity contribution in [3.63, 3.8) is 0 Å². The fourth-order valence-corrected chi connectivity index (χ4v) is 6.30. The van der Waals surface area contributed by atoms with Gasteiger partial charge in [0.1, 0.15) is 5.82 Å². The summed E-state index contributed by atoms with van der Waals surface area (Å²) in [5.41, 5.74) is -2.68. The van der Waals surface area contributed by atoms with Crippen molar-refractivity contribution in [3.8, 4) is 0 Å². The van der Waals surface area contributed by atoms with Crippen LogP contribution in [0.5, 0.6) is 0 Å². The van der Waals surface area contributed by atoms with Crippen molar-refractivity contribution in [2.75, 3.05) is 13.2 Å². The molecular formula is C33H38Cl2FN3O5Si. The molecule has 2 heterocycles. The maximum atomic E-state index is 16.4. The van der Waals surface area contributed by atoms with Gasteiger partial charge in [-0.2, -0.15) is 0 Å². The van der Waals surface area contributed by atoms with E-state index in [0.29, 0.717) is 40.8 Å². The number of rotatable bonds is 11. The highest BCUT2D eigenvalue weighted by Gasteiger charge is 2.57. The van der Waals surface area contributed by atoms with Gasteiger partial charge in [-0.25, -0.2) is 9.18 Å². The maximum absolute atomic E-state index is 16.4. The minimum Gasteiger partial charge on any atom is -0.450 e. The molecular weight excluding hydrogens is 636 g/mol. The van der Waals surface area contributed by atoms with Crippen LogP contribution in [0.4, 0.5) is 9.18 Å². The number of aromatic nitrogens is 1. The molecule has 0 spiro atoms. The van der Waals surface area contributed by atoms with Gasteiger partial charge in [-0.1, -0.05) is 55.0 Å². The Kier molecular flexibility index (Phi) is 9.11. The molecule has 1 atom stereocenters. The Morgan fingerprint density at radius 2 is 1.78 bits per heavy atom. The second-order valence-corrected chi connectivity index (χ2v) is 20.1. The first kappa shape index (κ1) is 33.3. The summed E-state index contributed by atoms with van der Waals surface area (Å²) >= 11 is 12.3. The Labute approximate surface area is 273 Å². The molecule has 45 heavy (non-hydrogen) atoms. The van der Waals surface area contributed by atoms with E-state index in [2.05, 4.69) is 29.9 Å². The number of halogens is 3. The van der Waals surface area contributed by atoms with Gasteiger partial charge in [0.25, 0.3) is 5.91 Å².